The zero-order chi connectivity index (χ0) is 15.9. The van der Waals surface area contributed by atoms with Gasteiger partial charge >= 0.3 is 0 Å². The van der Waals surface area contributed by atoms with Crippen LogP contribution >= 0.6 is 0 Å². The van der Waals surface area contributed by atoms with Crippen molar-refractivity contribution in [3.63, 3.8) is 0 Å². The Morgan fingerprint density at radius 2 is 1.68 bits per heavy atom. The summed E-state index contributed by atoms with van der Waals surface area (Å²) < 4.78 is 0. The number of benzene rings is 2. The Morgan fingerprint density at radius 1 is 1.00 bits per heavy atom. The molecule has 0 unspecified atom stereocenters. The van der Waals surface area contributed by atoms with Gasteiger partial charge in [-0.05, 0) is 49.2 Å². The van der Waals surface area contributed by atoms with Gasteiger partial charge in [-0.2, -0.15) is 0 Å². The summed E-state index contributed by atoms with van der Waals surface area (Å²) in [4.78, 5) is 23.2. The minimum Gasteiger partial charge on any atom is -0.376 e. The van der Waals surface area contributed by atoms with Crippen molar-refractivity contribution in [3.05, 3.63) is 59.7 Å². The van der Waals surface area contributed by atoms with Crippen LogP contribution in [0.15, 0.2) is 48.5 Å². The average molecular weight is 296 g/mol. The maximum Gasteiger partial charge on any atom is 0.243 e. The molecule has 0 heterocycles. The summed E-state index contributed by atoms with van der Waals surface area (Å²) in [6, 6.07) is 14.8. The summed E-state index contributed by atoms with van der Waals surface area (Å²) in [5, 5.41) is 5.95. The van der Waals surface area contributed by atoms with Crippen molar-refractivity contribution in [1.29, 1.82) is 0 Å². The number of rotatable bonds is 6. The van der Waals surface area contributed by atoms with E-state index in [1.807, 2.05) is 24.3 Å². The standard InChI is InChI=1S/C18H20N2O2/c1-3-14-6-4-5-7-17(14)19-12-18(22)20-16-10-8-15(9-11-16)13(2)21/h4-11,19H,3,12H2,1-2H3,(H,20,22). The minimum atomic E-state index is -0.124. The fraction of sp³-hybridized carbons (Fsp3) is 0.222. The summed E-state index contributed by atoms with van der Waals surface area (Å²) in [5.41, 5.74) is 3.47. The molecule has 2 rings (SSSR count). The van der Waals surface area contributed by atoms with E-state index >= 15 is 0 Å². The summed E-state index contributed by atoms with van der Waals surface area (Å²) in [6.07, 6.45) is 0.914. The second-order valence-corrected chi connectivity index (χ2v) is 5.05. The van der Waals surface area contributed by atoms with E-state index in [2.05, 4.69) is 17.6 Å². The maximum atomic E-state index is 12.0. The van der Waals surface area contributed by atoms with Crippen molar-refractivity contribution in [1.82, 2.24) is 0 Å². The minimum absolute atomic E-state index is 0.00992. The molecule has 0 spiro atoms. The predicted octanol–water partition coefficient (Wildman–Crippen LogP) is 3.50. The molecule has 4 heteroatoms. The lowest BCUT2D eigenvalue weighted by molar-refractivity contribution is -0.114. The molecule has 0 radical (unpaired) electrons. The fourth-order valence-electron chi connectivity index (χ4n) is 2.17. The molecule has 22 heavy (non-hydrogen) atoms. The molecule has 0 aliphatic heterocycles. The number of para-hydroxylation sites is 1. The first-order valence-corrected chi connectivity index (χ1v) is 7.32. The topological polar surface area (TPSA) is 58.2 Å². The van der Waals surface area contributed by atoms with Crippen LogP contribution in [0.4, 0.5) is 11.4 Å². The zero-order valence-corrected chi connectivity index (χ0v) is 12.8. The van der Waals surface area contributed by atoms with E-state index in [0.29, 0.717) is 11.3 Å². The van der Waals surface area contributed by atoms with E-state index in [0.717, 1.165) is 12.1 Å². The first-order chi connectivity index (χ1) is 10.6. The average Bonchev–Trinajstić information content (AvgIpc) is 2.53. The van der Waals surface area contributed by atoms with Gasteiger partial charge in [-0.3, -0.25) is 9.59 Å². The number of ketones is 1. The third-order valence-corrected chi connectivity index (χ3v) is 3.41. The number of amides is 1. The lowest BCUT2D eigenvalue weighted by atomic mass is 10.1. The molecule has 2 aromatic rings. The molecule has 2 aromatic carbocycles. The van der Waals surface area contributed by atoms with Gasteiger partial charge < -0.3 is 10.6 Å². The molecular weight excluding hydrogens is 276 g/mol. The fourth-order valence-corrected chi connectivity index (χ4v) is 2.17. The van der Waals surface area contributed by atoms with E-state index in [1.165, 1.54) is 12.5 Å². The van der Waals surface area contributed by atoms with Gasteiger partial charge in [0.2, 0.25) is 5.91 Å². The third-order valence-electron chi connectivity index (χ3n) is 3.41. The first kappa shape index (κ1) is 15.8. The number of hydrogen-bond donors (Lipinski definition) is 2. The van der Waals surface area contributed by atoms with Crippen LogP contribution in [0.5, 0.6) is 0 Å². The summed E-state index contributed by atoms with van der Waals surface area (Å²) in [7, 11) is 0. The number of Topliss-reactive ketones (excluding diaryl/α,β-unsaturated/α-hetero) is 1. The van der Waals surface area contributed by atoms with Crippen molar-refractivity contribution in [2.24, 2.45) is 0 Å². The van der Waals surface area contributed by atoms with Gasteiger partial charge in [0.05, 0.1) is 6.54 Å². The Bertz CT molecular complexity index is 663. The highest BCUT2D eigenvalue weighted by atomic mass is 16.2. The SMILES string of the molecule is CCc1ccccc1NCC(=O)Nc1ccc(C(C)=O)cc1. The number of aryl methyl sites for hydroxylation is 1. The van der Waals surface area contributed by atoms with Crippen molar-refractivity contribution < 1.29 is 9.59 Å². The third kappa shape index (κ3) is 4.19. The number of carbonyl (C=O) groups excluding carboxylic acids is 2. The molecule has 0 fully saturated rings. The lowest BCUT2D eigenvalue weighted by Crippen LogP contribution is -2.22. The van der Waals surface area contributed by atoms with Crippen LogP contribution < -0.4 is 10.6 Å². The smallest absolute Gasteiger partial charge is 0.243 e. The van der Waals surface area contributed by atoms with E-state index in [9.17, 15) is 9.59 Å². The zero-order valence-electron chi connectivity index (χ0n) is 12.8. The molecule has 0 saturated heterocycles. The first-order valence-electron chi connectivity index (χ1n) is 7.32. The molecule has 0 aliphatic carbocycles. The molecule has 1 amide bonds. The van der Waals surface area contributed by atoms with Crippen molar-refractivity contribution in [2.75, 3.05) is 17.2 Å². The van der Waals surface area contributed by atoms with Crippen LogP contribution in [-0.2, 0) is 11.2 Å². The lowest BCUT2D eigenvalue weighted by Gasteiger charge is -2.11. The van der Waals surface area contributed by atoms with Crippen LogP contribution in [0.2, 0.25) is 0 Å². The van der Waals surface area contributed by atoms with Gasteiger partial charge in [0.1, 0.15) is 0 Å². The maximum absolute atomic E-state index is 12.0. The number of nitrogens with one attached hydrogen (secondary N) is 2. The largest absolute Gasteiger partial charge is 0.376 e. The van der Waals surface area contributed by atoms with E-state index in [-0.39, 0.29) is 18.2 Å². The quantitative estimate of drug-likeness (QED) is 0.802. The van der Waals surface area contributed by atoms with Crippen LogP contribution in [0, 0.1) is 0 Å². The molecule has 0 aliphatic rings. The predicted molar refractivity (Wildman–Crippen MR) is 89.4 cm³/mol. The Hall–Kier alpha value is -2.62. The molecule has 114 valence electrons. The van der Waals surface area contributed by atoms with Gasteiger partial charge in [-0.15, -0.1) is 0 Å². The second-order valence-electron chi connectivity index (χ2n) is 5.05. The molecular formula is C18H20N2O2. The van der Waals surface area contributed by atoms with E-state index < -0.39 is 0 Å². The normalized spacial score (nSPS) is 10.1. The van der Waals surface area contributed by atoms with Gasteiger partial charge in [0.15, 0.2) is 5.78 Å². The highest BCUT2D eigenvalue weighted by Gasteiger charge is 2.05. The summed E-state index contributed by atoms with van der Waals surface area (Å²) >= 11 is 0. The van der Waals surface area contributed by atoms with Crippen molar-refractivity contribution in [3.8, 4) is 0 Å². The number of hydrogen-bond acceptors (Lipinski definition) is 3. The highest BCUT2D eigenvalue weighted by molar-refractivity contribution is 5.96. The van der Waals surface area contributed by atoms with Crippen LogP contribution in [0.1, 0.15) is 29.8 Å². The monoisotopic (exact) mass is 296 g/mol. The van der Waals surface area contributed by atoms with Gasteiger partial charge in [0.25, 0.3) is 0 Å². The Labute approximate surface area is 130 Å². The Morgan fingerprint density at radius 3 is 2.32 bits per heavy atom. The molecule has 4 nitrogen and oxygen atoms in total. The van der Waals surface area contributed by atoms with Crippen molar-refractivity contribution in [2.45, 2.75) is 20.3 Å². The Balaban J connectivity index is 1.91. The van der Waals surface area contributed by atoms with E-state index in [1.54, 1.807) is 24.3 Å². The summed E-state index contributed by atoms with van der Waals surface area (Å²) in [6.45, 7) is 3.80. The molecule has 0 saturated carbocycles. The van der Waals surface area contributed by atoms with Gasteiger partial charge in [-0.1, -0.05) is 25.1 Å². The van der Waals surface area contributed by atoms with Crippen LogP contribution in [0.25, 0.3) is 0 Å². The summed E-state index contributed by atoms with van der Waals surface area (Å²) in [5.74, 6) is -0.114. The van der Waals surface area contributed by atoms with Crippen molar-refractivity contribution >= 4 is 23.1 Å². The molecule has 2 N–H and O–H groups in total. The van der Waals surface area contributed by atoms with E-state index in [4.69, 9.17) is 0 Å². The molecule has 0 atom stereocenters. The van der Waals surface area contributed by atoms with Crippen LogP contribution in [-0.4, -0.2) is 18.2 Å². The Kier molecular flexibility index (Phi) is 5.31. The second kappa shape index (κ2) is 7.41. The molecule has 0 aromatic heterocycles. The van der Waals surface area contributed by atoms with Gasteiger partial charge in [0, 0.05) is 16.9 Å². The highest BCUT2D eigenvalue weighted by Crippen LogP contribution is 2.15. The number of anilines is 2. The van der Waals surface area contributed by atoms with Gasteiger partial charge in [-0.25, -0.2) is 0 Å². The van der Waals surface area contributed by atoms with Crippen LogP contribution in [0.3, 0.4) is 0 Å². The number of carbonyl (C=O) groups is 2. The molecule has 0 bridgehead atoms.